The molecule has 1 saturated heterocycles. The van der Waals surface area contributed by atoms with Gasteiger partial charge >= 0.3 is 0 Å². The van der Waals surface area contributed by atoms with Crippen LogP contribution in [0.3, 0.4) is 0 Å². The Hall–Kier alpha value is -1.51. The Balaban J connectivity index is 2.06. The summed E-state index contributed by atoms with van der Waals surface area (Å²) in [5, 5.41) is 38.7. The number of Topliss-reactive ketones (excluding diaryl/α,β-unsaturated/α-hetero) is 1. The fraction of sp³-hybridized carbons (Fsp3) is 0.533. The summed E-state index contributed by atoms with van der Waals surface area (Å²) in [4.78, 5) is 12.2. The molecular weight excluding hydrogens is 292 g/mol. The van der Waals surface area contributed by atoms with E-state index in [1.54, 1.807) is 24.3 Å². The molecule has 2 rings (SSSR count). The van der Waals surface area contributed by atoms with E-state index in [9.17, 15) is 20.1 Å². The predicted octanol–water partition coefficient (Wildman–Crippen LogP) is -0.685. The molecule has 0 radical (unpaired) electrons. The van der Waals surface area contributed by atoms with Crippen molar-refractivity contribution in [2.45, 2.75) is 31.0 Å². The Kier molecular flexibility index (Phi) is 5.49. The summed E-state index contributed by atoms with van der Waals surface area (Å²) >= 11 is 0. The average molecular weight is 312 g/mol. The lowest BCUT2D eigenvalue weighted by Crippen LogP contribution is -2.56. The molecule has 7 heteroatoms. The quantitative estimate of drug-likeness (QED) is 0.532. The molecule has 0 spiro atoms. The zero-order valence-corrected chi connectivity index (χ0v) is 12.1. The molecule has 0 bridgehead atoms. The zero-order valence-electron chi connectivity index (χ0n) is 12.1. The molecule has 122 valence electrons. The molecule has 1 fully saturated rings. The molecule has 4 N–H and O–H groups in total. The first-order valence-electron chi connectivity index (χ1n) is 6.95. The predicted molar refractivity (Wildman–Crippen MR) is 75.4 cm³/mol. The van der Waals surface area contributed by atoms with Gasteiger partial charge in [0.2, 0.25) is 0 Å². The number of rotatable bonds is 5. The van der Waals surface area contributed by atoms with Crippen LogP contribution in [-0.2, 0) is 4.74 Å². The fourth-order valence-corrected chi connectivity index (χ4v) is 2.48. The molecule has 1 aliphatic rings. The Morgan fingerprint density at radius 2 is 1.82 bits per heavy atom. The van der Waals surface area contributed by atoms with Crippen molar-refractivity contribution in [3.8, 4) is 5.75 Å². The van der Waals surface area contributed by atoms with Crippen molar-refractivity contribution in [3.05, 3.63) is 29.8 Å². The molecule has 1 unspecified atom stereocenters. The highest BCUT2D eigenvalue weighted by atomic mass is 16.6. The maximum absolute atomic E-state index is 12.2. The minimum Gasteiger partial charge on any atom is -0.497 e. The number of hydrogen-bond donors (Lipinski definition) is 4. The van der Waals surface area contributed by atoms with Crippen LogP contribution < -0.4 is 4.74 Å². The van der Waals surface area contributed by atoms with Gasteiger partial charge < -0.3 is 29.9 Å². The summed E-state index contributed by atoms with van der Waals surface area (Å²) in [5.74, 6) is -0.657. The molecule has 0 aliphatic carbocycles. The van der Waals surface area contributed by atoms with Crippen molar-refractivity contribution in [2.24, 2.45) is 5.92 Å². The Bertz CT molecular complexity index is 501. The first-order chi connectivity index (χ1) is 10.5. The van der Waals surface area contributed by atoms with E-state index in [-0.39, 0.29) is 12.2 Å². The summed E-state index contributed by atoms with van der Waals surface area (Å²) in [5.41, 5.74) is 0.402. The number of ether oxygens (including phenoxy) is 2. The van der Waals surface area contributed by atoms with Crippen LogP contribution in [0.25, 0.3) is 0 Å². The number of ketones is 1. The number of aliphatic hydroxyl groups is 4. The van der Waals surface area contributed by atoms with E-state index >= 15 is 0 Å². The number of hydrogen-bond acceptors (Lipinski definition) is 7. The zero-order chi connectivity index (χ0) is 16.3. The molecule has 7 nitrogen and oxygen atoms in total. The van der Waals surface area contributed by atoms with Gasteiger partial charge in [-0.2, -0.15) is 0 Å². The lowest BCUT2D eigenvalue weighted by molar-refractivity contribution is -0.268. The van der Waals surface area contributed by atoms with Crippen LogP contribution in [0.15, 0.2) is 24.3 Å². The van der Waals surface area contributed by atoms with Gasteiger partial charge in [0.05, 0.1) is 19.8 Å². The molecule has 0 amide bonds. The Morgan fingerprint density at radius 3 is 2.36 bits per heavy atom. The molecule has 1 aliphatic heterocycles. The van der Waals surface area contributed by atoms with Crippen LogP contribution in [0.5, 0.6) is 5.75 Å². The van der Waals surface area contributed by atoms with Crippen LogP contribution in [-0.4, -0.2) is 64.5 Å². The summed E-state index contributed by atoms with van der Waals surface area (Å²) in [6.07, 6.45) is -5.41. The van der Waals surface area contributed by atoms with Gasteiger partial charge in [-0.1, -0.05) is 0 Å². The SMILES string of the molecule is COc1ccc(C(=O)C[C@H]2C(O)O[C@H](CO)[C@H](O)[C@@H]2O)cc1. The van der Waals surface area contributed by atoms with Crippen LogP contribution in [0.4, 0.5) is 0 Å². The summed E-state index contributed by atoms with van der Waals surface area (Å²) in [6, 6.07) is 6.43. The van der Waals surface area contributed by atoms with E-state index in [2.05, 4.69) is 0 Å². The van der Waals surface area contributed by atoms with Crippen molar-refractivity contribution in [1.29, 1.82) is 0 Å². The summed E-state index contributed by atoms with van der Waals surface area (Å²) in [6.45, 7) is -0.533. The number of carbonyl (C=O) groups excluding carboxylic acids is 1. The van der Waals surface area contributed by atoms with Gasteiger partial charge in [0, 0.05) is 17.9 Å². The van der Waals surface area contributed by atoms with E-state index < -0.39 is 37.1 Å². The molecule has 1 aromatic carbocycles. The van der Waals surface area contributed by atoms with Gasteiger partial charge in [-0.05, 0) is 24.3 Å². The second-order valence-corrected chi connectivity index (χ2v) is 5.25. The van der Waals surface area contributed by atoms with E-state index in [1.807, 2.05) is 0 Å². The maximum Gasteiger partial charge on any atom is 0.163 e. The van der Waals surface area contributed by atoms with Gasteiger partial charge in [-0.3, -0.25) is 4.79 Å². The Labute approximate surface area is 127 Å². The van der Waals surface area contributed by atoms with Crippen molar-refractivity contribution in [2.75, 3.05) is 13.7 Å². The standard InChI is InChI=1S/C15H20O7/c1-21-9-4-2-8(3-5-9)11(17)6-10-13(18)14(19)12(7-16)22-15(10)20/h2-5,10,12-16,18-20H,6-7H2,1H3/t10-,12-,13-,14+,15?/m1/s1. The van der Waals surface area contributed by atoms with Gasteiger partial charge in [-0.15, -0.1) is 0 Å². The first-order valence-corrected chi connectivity index (χ1v) is 6.95. The maximum atomic E-state index is 12.2. The second-order valence-electron chi connectivity index (χ2n) is 5.25. The molecule has 22 heavy (non-hydrogen) atoms. The first kappa shape index (κ1) is 16.9. The minimum absolute atomic E-state index is 0.191. The molecule has 0 saturated carbocycles. The molecular formula is C15H20O7. The van der Waals surface area contributed by atoms with E-state index in [1.165, 1.54) is 7.11 Å². The van der Waals surface area contributed by atoms with E-state index in [0.29, 0.717) is 11.3 Å². The third-order valence-electron chi connectivity index (χ3n) is 3.86. The highest BCUT2D eigenvalue weighted by molar-refractivity contribution is 5.96. The lowest BCUT2D eigenvalue weighted by atomic mass is 9.86. The number of aliphatic hydroxyl groups excluding tert-OH is 4. The third kappa shape index (κ3) is 3.45. The topological polar surface area (TPSA) is 116 Å². The smallest absolute Gasteiger partial charge is 0.163 e. The normalized spacial score (nSPS) is 31.8. The van der Waals surface area contributed by atoms with Crippen LogP contribution in [0.2, 0.25) is 0 Å². The number of benzene rings is 1. The van der Waals surface area contributed by atoms with Gasteiger partial charge in [-0.25, -0.2) is 0 Å². The highest BCUT2D eigenvalue weighted by Gasteiger charge is 2.44. The third-order valence-corrected chi connectivity index (χ3v) is 3.86. The largest absolute Gasteiger partial charge is 0.497 e. The van der Waals surface area contributed by atoms with E-state index in [4.69, 9.17) is 14.6 Å². The summed E-state index contributed by atoms with van der Waals surface area (Å²) < 4.78 is 10.0. The minimum atomic E-state index is -1.43. The fourth-order valence-electron chi connectivity index (χ4n) is 2.48. The molecule has 1 aromatic rings. The van der Waals surface area contributed by atoms with Crippen LogP contribution in [0.1, 0.15) is 16.8 Å². The second kappa shape index (κ2) is 7.17. The monoisotopic (exact) mass is 312 g/mol. The highest BCUT2D eigenvalue weighted by Crippen LogP contribution is 2.28. The number of carbonyl (C=O) groups is 1. The lowest BCUT2D eigenvalue weighted by Gasteiger charge is -2.39. The van der Waals surface area contributed by atoms with Crippen molar-refractivity contribution in [1.82, 2.24) is 0 Å². The molecule has 5 atom stereocenters. The molecule has 1 heterocycles. The van der Waals surface area contributed by atoms with Crippen LogP contribution >= 0.6 is 0 Å². The Morgan fingerprint density at radius 1 is 1.18 bits per heavy atom. The van der Waals surface area contributed by atoms with Gasteiger partial charge in [0.15, 0.2) is 12.1 Å². The van der Waals surface area contributed by atoms with Crippen molar-refractivity contribution >= 4 is 5.78 Å². The molecule has 0 aromatic heterocycles. The average Bonchev–Trinajstić information content (AvgIpc) is 2.54. The van der Waals surface area contributed by atoms with Crippen LogP contribution in [0, 0.1) is 5.92 Å². The number of methoxy groups -OCH3 is 1. The van der Waals surface area contributed by atoms with Crippen molar-refractivity contribution in [3.63, 3.8) is 0 Å². The summed E-state index contributed by atoms with van der Waals surface area (Å²) in [7, 11) is 1.52. The van der Waals surface area contributed by atoms with Gasteiger partial charge in [0.1, 0.15) is 18.0 Å². The van der Waals surface area contributed by atoms with Crippen molar-refractivity contribution < 1.29 is 34.7 Å². The van der Waals surface area contributed by atoms with Gasteiger partial charge in [0.25, 0.3) is 0 Å². The van der Waals surface area contributed by atoms with E-state index in [0.717, 1.165) is 0 Å².